The van der Waals surface area contributed by atoms with Gasteiger partial charge in [0.15, 0.2) is 11.5 Å². The Morgan fingerprint density at radius 3 is 2.74 bits per heavy atom. The van der Waals surface area contributed by atoms with Gasteiger partial charge in [-0.25, -0.2) is 0 Å². The maximum absolute atomic E-state index is 5.99. The highest BCUT2D eigenvalue weighted by Crippen LogP contribution is 2.45. The van der Waals surface area contributed by atoms with Crippen molar-refractivity contribution >= 4 is 0 Å². The molecule has 2 atom stereocenters. The number of hydrogen-bond donors (Lipinski definition) is 0. The molecule has 23 heavy (non-hydrogen) atoms. The Bertz CT molecular complexity index is 699. The van der Waals surface area contributed by atoms with Crippen molar-refractivity contribution < 1.29 is 14.2 Å². The Balaban J connectivity index is 1.34. The summed E-state index contributed by atoms with van der Waals surface area (Å²) in [6, 6.07) is 16.8. The summed E-state index contributed by atoms with van der Waals surface area (Å²) in [4.78, 5) is 2.40. The number of benzene rings is 2. The number of hydrogen-bond acceptors (Lipinski definition) is 4. The molecule has 2 aromatic rings. The maximum Gasteiger partial charge on any atom is 0.246 e. The van der Waals surface area contributed by atoms with Crippen LogP contribution < -0.4 is 14.2 Å². The molecule has 2 aliphatic rings. The predicted octanol–water partition coefficient (Wildman–Crippen LogP) is 3.46. The standard InChI is InChI=1S/C19H21NO3/c1-19(2)22-17-10-6-9-16(18(17)23-19)21-13-15-12-20(15)11-14-7-4-3-5-8-14/h3-10,15H,11-13H2,1-2H3. The number of nitrogens with zero attached hydrogens (tertiary/aromatic N) is 1. The molecule has 0 saturated carbocycles. The van der Waals surface area contributed by atoms with E-state index in [0.717, 1.165) is 24.6 Å². The van der Waals surface area contributed by atoms with Crippen LogP contribution in [0.25, 0.3) is 0 Å². The van der Waals surface area contributed by atoms with E-state index in [1.54, 1.807) is 0 Å². The maximum atomic E-state index is 5.99. The summed E-state index contributed by atoms with van der Waals surface area (Å²) < 4.78 is 17.6. The van der Waals surface area contributed by atoms with E-state index in [2.05, 4.69) is 29.2 Å². The van der Waals surface area contributed by atoms with E-state index in [4.69, 9.17) is 14.2 Å². The molecule has 0 aliphatic carbocycles. The van der Waals surface area contributed by atoms with Crippen molar-refractivity contribution in [3.8, 4) is 17.2 Å². The fraction of sp³-hybridized carbons (Fsp3) is 0.368. The van der Waals surface area contributed by atoms with Crippen LogP contribution in [0.2, 0.25) is 0 Å². The zero-order chi connectivity index (χ0) is 15.9. The molecule has 4 nitrogen and oxygen atoms in total. The van der Waals surface area contributed by atoms with Gasteiger partial charge in [0.05, 0.1) is 6.04 Å². The average Bonchev–Trinajstić information content (AvgIpc) is 3.17. The Morgan fingerprint density at radius 1 is 1.09 bits per heavy atom. The Kier molecular flexibility index (Phi) is 3.42. The monoisotopic (exact) mass is 311 g/mol. The van der Waals surface area contributed by atoms with E-state index in [0.29, 0.717) is 18.4 Å². The summed E-state index contributed by atoms with van der Waals surface area (Å²) >= 11 is 0. The summed E-state index contributed by atoms with van der Waals surface area (Å²) in [5.41, 5.74) is 1.34. The smallest absolute Gasteiger partial charge is 0.246 e. The van der Waals surface area contributed by atoms with Crippen LogP contribution in [0, 0.1) is 0 Å². The lowest BCUT2D eigenvalue weighted by Gasteiger charge is -2.16. The van der Waals surface area contributed by atoms with Gasteiger partial charge in [0, 0.05) is 26.9 Å². The fourth-order valence-electron chi connectivity index (χ4n) is 2.90. The van der Waals surface area contributed by atoms with E-state index < -0.39 is 5.79 Å². The van der Waals surface area contributed by atoms with Gasteiger partial charge in [-0.3, -0.25) is 4.90 Å². The lowest BCUT2D eigenvalue weighted by molar-refractivity contribution is -0.0441. The van der Waals surface area contributed by atoms with E-state index >= 15 is 0 Å². The Morgan fingerprint density at radius 2 is 1.91 bits per heavy atom. The summed E-state index contributed by atoms with van der Waals surface area (Å²) in [5.74, 6) is 1.61. The number of rotatable bonds is 5. The van der Waals surface area contributed by atoms with Gasteiger partial charge >= 0.3 is 0 Å². The summed E-state index contributed by atoms with van der Waals surface area (Å²) in [6.07, 6.45) is 0. The minimum Gasteiger partial charge on any atom is -0.488 e. The van der Waals surface area contributed by atoms with Crippen LogP contribution in [0.15, 0.2) is 48.5 Å². The van der Waals surface area contributed by atoms with E-state index in [-0.39, 0.29) is 0 Å². The van der Waals surface area contributed by atoms with Crippen LogP contribution in [-0.4, -0.2) is 29.9 Å². The first-order chi connectivity index (χ1) is 11.1. The highest BCUT2D eigenvalue weighted by Gasteiger charge is 2.36. The molecule has 0 radical (unpaired) electrons. The van der Waals surface area contributed by atoms with Gasteiger partial charge in [-0.2, -0.15) is 0 Å². The van der Waals surface area contributed by atoms with Gasteiger partial charge in [0.25, 0.3) is 0 Å². The third-order valence-electron chi connectivity index (χ3n) is 4.13. The molecule has 0 spiro atoms. The van der Waals surface area contributed by atoms with Gasteiger partial charge in [-0.1, -0.05) is 36.4 Å². The average molecular weight is 311 g/mol. The normalized spacial score (nSPS) is 23.6. The van der Waals surface area contributed by atoms with Gasteiger partial charge in [-0.05, 0) is 17.7 Å². The molecule has 4 heteroatoms. The van der Waals surface area contributed by atoms with Gasteiger partial charge < -0.3 is 14.2 Å². The zero-order valence-electron chi connectivity index (χ0n) is 13.5. The van der Waals surface area contributed by atoms with E-state index in [1.807, 2.05) is 38.1 Å². The third-order valence-corrected chi connectivity index (χ3v) is 4.13. The van der Waals surface area contributed by atoms with Crippen LogP contribution in [0.3, 0.4) is 0 Å². The molecule has 1 fully saturated rings. The van der Waals surface area contributed by atoms with Crippen LogP contribution in [0.5, 0.6) is 17.2 Å². The zero-order valence-corrected chi connectivity index (χ0v) is 13.5. The molecule has 2 aromatic carbocycles. The minimum atomic E-state index is -0.624. The van der Waals surface area contributed by atoms with Crippen molar-refractivity contribution in [2.24, 2.45) is 0 Å². The predicted molar refractivity (Wildman–Crippen MR) is 87.9 cm³/mol. The Labute approximate surface area is 136 Å². The SMILES string of the molecule is CC1(C)Oc2cccc(OCC3CN3Cc3ccccc3)c2O1. The molecule has 2 unspecified atom stereocenters. The summed E-state index contributed by atoms with van der Waals surface area (Å²) in [6.45, 7) is 6.53. The van der Waals surface area contributed by atoms with Crippen molar-refractivity contribution in [2.45, 2.75) is 32.2 Å². The minimum absolute atomic E-state index is 0.474. The number of fused-ring (bicyclic) bond motifs is 1. The molecule has 0 amide bonds. The second-order valence-electron chi connectivity index (χ2n) is 6.57. The highest BCUT2D eigenvalue weighted by atomic mass is 16.7. The number of para-hydroxylation sites is 1. The van der Waals surface area contributed by atoms with Gasteiger partial charge in [0.1, 0.15) is 6.61 Å². The first-order valence-corrected chi connectivity index (χ1v) is 8.02. The van der Waals surface area contributed by atoms with Crippen molar-refractivity contribution in [2.75, 3.05) is 13.2 Å². The van der Waals surface area contributed by atoms with Gasteiger partial charge in [0.2, 0.25) is 11.5 Å². The fourth-order valence-corrected chi connectivity index (χ4v) is 2.90. The third kappa shape index (κ3) is 3.13. The van der Waals surface area contributed by atoms with Crippen LogP contribution in [0.1, 0.15) is 19.4 Å². The lowest BCUT2D eigenvalue weighted by Crippen LogP contribution is -2.29. The topological polar surface area (TPSA) is 30.7 Å². The molecule has 120 valence electrons. The second kappa shape index (κ2) is 5.46. The Hall–Kier alpha value is -2.20. The van der Waals surface area contributed by atoms with Crippen molar-refractivity contribution in [1.82, 2.24) is 4.90 Å². The molecule has 2 heterocycles. The summed E-state index contributed by atoms with van der Waals surface area (Å²) in [7, 11) is 0. The van der Waals surface area contributed by atoms with Crippen molar-refractivity contribution in [1.29, 1.82) is 0 Å². The molecular weight excluding hydrogens is 290 g/mol. The van der Waals surface area contributed by atoms with E-state index in [9.17, 15) is 0 Å². The van der Waals surface area contributed by atoms with Crippen molar-refractivity contribution in [3.63, 3.8) is 0 Å². The first-order valence-electron chi connectivity index (χ1n) is 8.02. The largest absolute Gasteiger partial charge is 0.488 e. The molecule has 4 rings (SSSR count). The summed E-state index contributed by atoms with van der Waals surface area (Å²) in [5, 5.41) is 0. The van der Waals surface area contributed by atoms with Crippen LogP contribution in [0.4, 0.5) is 0 Å². The number of ether oxygens (including phenoxy) is 3. The molecule has 1 saturated heterocycles. The molecule has 0 N–H and O–H groups in total. The van der Waals surface area contributed by atoms with Gasteiger partial charge in [-0.15, -0.1) is 0 Å². The second-order valence-corrected chi connectivity index (χ2v) is 6.57. The van der Waals surface area contributed by atoms with E-state index in [1.165, 1.54) is 5.56 Å². The first kappa shape index (κ1) is 14.4. The molecular formula is C19H21NO3. The quantitative estimate of drug-likeness (QED) is 0.791. The lowest BCUT2D eigenvalue weighted by atomic mass is 10.2. The molecule has 0 aromatic heterocycles. The van der Waals surface area contributed by atoms with Crippen molar-refractivity contribution in [3.05, 3.63) is 54.1 Å². The highest BCUT2D eigenvalue weighted by molar-refractivity contribution is 5.53. The molecule has 2 aliphatic heterocycles. The molecule has 0 bridgehead atoms. The van der Waals surface area contributed by atoms with Crippen LogP contribution in [-0.2, 0) is 6.54 Å². The van der Waals surface area contributed by atoms with Crippen LogP contribution >= 0.6 is 0 Å².